The molecule has 0 aliphatic heterocycles. The second kappa shape index (κ2) is 6.49. The van der Waals surface area contributed by atoms with Crippen molar-refractivity contribution in [3.8, 4) is 16.8 Å². The predicted molar refractivity (Wildman–Crippen MR) is 118 cm³/mol. The highest BCUT2D eigenvalue weighted by Gasteiger charge is 2.21. The van der Waals surface area contributed by atoms with Crippen LogP contribution in [-0.4, -0.2) is 25.1 Å². The van der Waals surface area contributed by atoms with Crippen molar-refractivity contribution in [3.63, 3.8) is 0 Å². The van der Waals surface area contributed by atoms with E-state index in [0.29, 0.717) is 0 Å². The van der Waals surface area contributed by atoms with Gasteiger partial charge in [0, 0.05) is 10.9 Å². The molecule has 150 valence electrons. The first-order valence-electron chi connectivity index (χ1n) is 10.0. The molecule has 0 saturated carbocycles. The molecule has 6 nitrogen and oxygen atoms in total. The molecule has 5 aromatic rings. The highest BCUT2D eigenvalue weighted by atomic mass is 16.5. The molecule has 0 spiro atoms. The molecule has 0 radical (unpaired) electrons. The number of fused-ring (bicyclic) bond motifs is 3. The Morgan fingerprint density at radius 2 is 1.77 bits per heavy atom. The molecule has 0 amide bonds. The topological polar surface area (TPSA) is 69.6 Å². The summed E-state index contributed by atoms with van der Waals surface area (Å²) in [4.78, 5) is 4.65. The Balaban J connectivity index is 1.77. The Morgan fingerprint density at radius 3 is 2.50 bits per heavy atom. The number of aryl methyl sites for hydroxylation is 2. The first-order chi connectivity index (χ1) is 14.3. The van der Waals surface area contributed by atoms with Crippen molar-refractivity contribution in [3.05, 3.63) is 65.7 Å². The summed E-state index contributed by atoms with van der Waals surface area (Å²) >= 11 is 0. The van der Waals surface area contributed by atoms with Gasteiger partial charge in [0.25, 0.3) is 0 Å². The third kappa shape index (κ3) is 2.79. The lowest BCUT2D eigenvalue weighted by molar-refractivity contribution is 0.393. The summed E-state index contributed by atoms with van der Waals surface area (Å²) in [5, 5.41) is 14.0. The fourth-order valence-electron chi connectivity index (χ4n) is 4.11. The first-order valence-corrected chi connectivity index (χ1v) is 10.0. The average Bonchev–Trinajstić information content (AvgIpc) is 3.30. The Morgan fingerprint density at radius 1 is 0.967 bits per heavy atom. The number of pyridine rings is 1. The molecule has 0 unspecified atom stereocenters. The zero-order chi connectivity index (χ0) is 21.0. The summed E-state index contributed by atoms with van der Waals surface area (Å²) in [6, 6.07) is 14.6. The molecule has 3 heterocycles. The van der Waals surface area contributed by atoms with Gasteiger partial charge in [-0.15, -0.1) is 5.10 Å². The first kappa shape index (κ1) is 18.5. The molecular weight excluding hydrogens is 374 g/mol. The highest BCUT2D eigenvalue weighted by molar-refractivity contribution is 6.03. The van der Waals surface area contributed by atoms with Crippen LogP contribution in [0.3, 0.4) is 0 Å². The summed E-state index contributed by atoms with van der Waals surface area (Å²) in [6.45, 7) is 10.5. The van der Waals surface area contributed by atoms with Gasteiger partial charge in [-0.2, -0.15) is 0 Å². The molecule has 0 N–H and O–H groups in total. The van der Waals surface area contributed by atoms with Gasteiger partial charge in [-0.05, 0) is 48.6 Å². The van der Waals surface area contributed by atoms with E-state index in [1.54, 1.807) is 6.20 Å². The van der Waals surface area contributed by atoms with Crippen molar-refractivity contribution in [2.45, 2.75) is 40.0 Å². The van der Waals surface area contributed by atoms with Crippen molar-refractivity contribution in [1.29, 1.82) is 0 Å². The van der Waals surface area contributed by atoms with Crippen LogP contribution in [0.2, 0.25) is 0 Å². The van der Waals surface area contributed by atoms with Crippen LogP contribution in [0.1, 0.15) is 37.8 Å². The van der Waals surface area contributed by atoms with Gasteiger partial charge in [0.1, 0.15) is 16.8 Å². The lowest BCUT2D eigenvalue weighted by atomic mass is 9.86. The lowest BCUT2D eigenvalue weighted by Crippen LogP contribution is -2.15. The van der Waals surface area contributed by atoms with Crippen LogP contribution in [-0.2, 0) is 5.41 Å². The third-order valence-corrected chi connectivity index (χ3v) is 5.54. The molecule has 0 aliphatic carbocycles. The molecule has 2 aromatic carbocycles. The van der Waals surface area contributed by atoms with Crippen molar-refractivity contribution in [2.24, 2.45) is 0 Å². The van der Waals surface area contributed by atoms with Crippen LogP contribution < -0.4 is 0 Å². The maximum absolute atomic E-state index is 5.35. The van der Waals surface area contributed by atoms with Gasteiger partial charge < -0.3 is 4.52 Å². The van der Waals surface area contributed by atoms with E-state index in [2.05, 4.69) is 77.6 Å². The van der Waals surface area contributed by atoms with Crippen molar-refractivity contribution in [1.82, 2.24) is 25.1 Å². The Labute approximate surface area is 174 Å². The Hall–Kier alpha value is -3.54. The van der Waals surface area contributed by atoms with Crippen LogP contribution in [0.25, 0.3) is 38.8 Å². The molecule has 0 aliphatic rings. The van der Waals surface area contributed by atoms with Crippen LogP contribution in [0.4, 0.5) is 0 Å². The van der Waals surface area contributed by atoms with Gasteiger partial charge in [-0.25, -0.2) is 4.68 Å². The van der Waals surface area contributed by atoms with E-state index in [0.717, 1.165) is 50.2 Å². The fraction of sp³-hybridized carbons (Fsp3) is 0.250. The number of benzene rings is 2. The summed E-state index contributed by atoms with van der Waals surface area (Å²) in [5.74, 6) is 0.804. The Kier molecular flexibility index (Phi) is 4.00. The number of para-hydroxylation sites is 1. The maximum atomic E-state index is 5.35. The second-order valence-electron chi connectivity index (χ2n) is 8.69. The zero-order valence-corrected chi connectivity index (χ0v) is 17.8. The van der Waals surface area contributed by atoms with Gasteiger partial charge in [-0.1, -0.05) is 55.4 Å². The molecule has 5 rings (SSSR count). The van der Waals surface area contributed by atoms with Gasteiger partial charge in [0.05, 0.1) is 23.1 Å². The largest absolute Gasteiger partial charge is 0.361 e. The van der Waals surface area contributed by atoms with Gasteiger partial charge in [0.2, 0.25) is 0 Å². The SMILES string of the molecule is Cc1noc(C)c1-c1ccc2c(c1)ncc1nnn(-c3ccccc3C(C)(C)C)c12. The number of rotatable bonds is 2. The minimum absolute atomic E-state index is 0.0196. The van der Waals surface area contributed by atoms with E-state index < -0.39 is 0 Å². The normalized spacial score (nSPS) is 12.2. The molecule has 0 fully saturated rings. The lowest BCUT2D eigenvalue weighted by Gasteiger charge is -2.22. The molecule has 6 heteroatoms. The number of hydrogen-bond donors (Lipinski definition) is 0. The minimum atomic E-state index is -0.0196. The fourth-order valence-corrected chi connectivity index (χ4v) is 4.11. The van der Waals surface area contributed by atoms with E-state index in [9.17, 15) is 0 Å². The van der Waals surface area contributed by atoms with E-state index in [4.69, 9.17) is 4.52 Å². The van der Waals surface area contributed by atoms with Crippen molar-refractivity contribution < 1.29 is 4.52 Å². The minimum Gasteiger partial charge on any atom is -0.361 e. The van der Waals surface area contributed by atoms with Crippen molar-refractivity contribution in [2.75, 3.05) is 0 Å². The smallest absolute Gasteiger partial charge is 0.141 e. The number of hydrogen-bond acceptors (Lipinski definition) is 5. The quantitative estimate of drug-likeness (QED) is 0.391. The van der Waals surface area contributed by atoms with E-state index in [-0.39, 0.29) is 5.41 Å². The highest BCUT2D eigenvalue weighted by Crippen LogP contribution is 2.34. The zero-order valence-electron chi connectivity index (χ0n) is 17.8. The summed E-state index contributed by atoms with van der Waals surface area (Å²) in [7, 11) is 0. The van der Waals surface area contributed by atoms with Crippen LogP contribution in [0.15, 0.2) is 53.2 Å². The molecule has 0 atom stereocenters. The van der Waals surface area contributed by atoms with E-state index in [1.807, 2.05) is 24.6 Å². The predicted octanol–water partition coefficient (Wildman–Crippen LogP) is 5.54. The molecule has 0 bridgehead atoms. The second-order valence-corrected chi connectivity index (χ2v) is 8.69. The molecular formula is C24H23N5O. The van der Waals surface area contributed by atoms with Crippen molar-refractivity contribution >= 4 is 21.9 Å². The van der Waals surface area contributed by atoms with Crippen LogP contribution in [0.5, 0.6) is 0 Å². The van der Waals surface area contributed by atoms with Gasteiger partial charge >= 0.3 is 0 Å². The molecule has 30 heavy (non-hydrogen) atoms. The standard InChI is InChI=1S/C24H23N5O/c1-14-22(15(2)30-27-14)16-10-11-17-19(12-16)25-13-20-23(17)29(28-26-20)21-9-7-6-8-18(21)24(3,4)5/h6-13H,1-5H3. The average molecular weight is 397 g/mol. The monoisotopic (exact) mass is 397 g/mol. The van der Waals surface area contributed by atoms with Crippen LogP contribution >= 0.6 is 0 Å². The van der Waals surface area contributed by atoms with E-state index in [1.165, 1.54) is 5.56 Å². The third-order valence-electron chi connectivity index (χ3n) is 5.54. The summed E-state index contributed by atoms with van der Waals surface area (Å²) < 4.78 is 7.29. The molecule has 3 aromatic heterocycles. The van der Waals surface area contributed by atoms with Crippen LogP contribution in [0, 0.1) is 13.8 Å². The Bertz CT molecular complexity index is 1390. The summed E-state index contributed by atoms with van der Waals surface area (Å²) in [6.07, 6.45) is 1.79. The molecule has 0 saturated heterocycles. The maximum Gasteiger partial charge on any atom is 0.141 e. The van der Waals surface area contributed by atoms with Gasteiger partial charge in [-0.3, -0.25) is 4.98 Å². The summed E-state index contributed by atoms with van der Waals surface area (Å²) in [5.41, 5.74) is 7.79. The van der Waals surface area contributed by atoms with E-state index >= 15 is 0 Å². The number of nitrogens with zero attached hydrogens (tertiary/aromatic N) is 5. The van der Waals surface area contributed by atoms with Gasteiger partial charge in [0.15, 0.2) is 0 Å². The number of aromatic nitrogens is 5.